The second-order valence-corrected chi connectivity index (χ2v) is 4.52. The number of benzene rings is 1. The van der Waals surface area contributed by atoms with Crippen molar-refractivity contribution in [3.63, 3.8) is 0 Å². The highest BCUT2D eigenvalue weighted by molar-refractivity contribution is 7.98. The second-order valence-electron chi connectivity index (χ2n) is 3.64. The molecule has 0 saturated heterocycles. The lowest BCUT2D eigenvalue weighted by atomic mass is 9.89. The number of nitrogens with two attached hydrogens (primary N) is 1. The van der Waals surface area contributed by atoms with Gasteiger partial charge in [-0.3, -0.25) is 0 Å². The molecule has 0 bridgehead atoms. The standard InChI is InChI=1S/C11H15NS/c1-13-11-5-3-8-2-4-10(12)6-9(8)7-11/h3,5,7,10H,2,4,6,12H2,1H3/t10-/m0/s1. The molecule has 0 saturated carbocycles. The molecule has 0 unspecified atom stereocenters. The van der Waals surface area contributed by atoms with Crippen molar-refractivity contribution in [2.24, 2.45) is 5.73 Å². The molecule has 0 aliphatic heterocycles. The van der Waals surface area contributed by atoms with Gasteiger partial charge < -0.3 is 5.73 Å². The third kappa shape index (κ3) is 1.89. The third-order valence-electron chi connectivity index (χ3n) is 2.68. The van der Waals surface area contributed by atoms with Crippen LogP contribution >= 0.6 is 11.8 Å². The highest BCUT2D eigenvalue weighted by Crippen LogP contribution is 2.25. The molecule has 1 nitrogen and oxygen atoms in total. The minimum atomic E-state index is 0.379. The fourth-order valence-electron chi connectivity index (χ4n) is 1.89. The molecule has 1 aromatic carbocycles. The molecule has 0 spiro atoms. The minimum absolute atomic E-state index is 0.379. The maximum atomic E-state index is 5.93. The topological polar surface area (TPSA) is 26.0 Å². The number of aryl methyl sites for hydroxylation is 1. The zero-order valence-electron chi connectivity index (χ0n) is 7.92. The van der Waals surface area contributed by atoms with Gasteiger partial charge in [0.15, 0.2) is 0 Å². The monoisotopic (exact) mass is 193 g/mol. The van der Waals surface area contributed by atoms with Crippen LogP contribution in [-0.4, -0.2) is 12.3 Å². The number of thioether (sulfide) groups is 1. The normalized spacial score (nSPS) is 21.2. The van der Waals surface area contributed by atoms with E-state index >= 15 is 0 Å². The largest absolute Gasteiger partial charge is 0.327 e. The molecule has 70 valence electrons. The van der Waals surface area contributed by atoms with Crippen LogP contribution in [0.3, 0.4) is 0 Å². The summed E-state index contributed by atoms with van der Waals surface area (Å²) in [6, 6.07) is 7.14. The Morgan fingerprint density at radius 1 is 1.38 bits per heavy atom. The first kappa shape index (κ1) is 9.10. The summed E-state index contributed by atoms with van der Waals surface area (Å²) in [6.07, 6.45) is 5.48. The Morgan fingerprint density at radius 2 is 2.23 bits per heavy atom. The van der Waals surface area contributed by atoms with Crippen molar-refractivity contribution in [2.75, 3.05) is 6.26 Å². The molecule has 0 radical (unpaired) electrons. The molecule has 13 heavy (non-hydrogen) atoms. The van der Waals surface area contributed by atoms with Crippen LogP contribution in [0.15, 0.2) is 23.1 Å². The molecule has 1 aliphatic carbocycles. The van der Waals surface area contributed by atoms with Crippen LogP contribution in [0.2, 0.25) is 0 Å². The molecule has 2 rings (SSSR count). The lowest BCUT2D eigenvalue weighted by Crippen LogP contribution is -2.27. The zero-order chi connectivity index (χ0) is 9.26. The highest BCUT2D eigenvalue weighted by atomic mass is 32.2. The molecule has 1 aromatic rings. The first-order valence-electron chi connectivity index (χ1n) is 4.71. The Bertz CT molecular complexity index is 309. The van der Waals surface area contributed by atoms with E-state index in [0.717, 1.165) is 19.3 Å². The van der Waals surface area contributed by atoms with E-state index < -0.39 is 0 Å². The van der Waals surface area contributed by atoms with Crippen molar-refractivity contribution in [1.82, 2.24) is 0 Å². The van der Waals surface area contributed by atoms with Crippen LogP contribution in [0.5, 0.6) is 0 Å². The summed E-state index contributed by atoms with van der Waals surface area (Å²) in [7, 11) is 0. The molecule has 0 fully saturated rings. The van der Waals surface area contributed by atoms with E-state index in [1.807, 2.05) is 0 Å². The molecule has 1 aliphatic rings. The predicted octanol–water partition coefficient (Wildman–Crippen LogP) is 2.22. The predicted molar refractivity (Wildman–Crippen MR) is 58.2 cm³/mol. The van der Waals surface area contributed by atoms with E-state index in [2.05, 4.69) is 24.5 Å². The summed E-state index contributed by atoms with van der Waals surface area (Å²) in [5.74, 6) is 0. The van der Waals surface area contributed by atoms with Crippen molar-refractivity contribution in [3.8, 4) is 0 Å². The van der Waals surface area contributed by atoms with Gasteiger partial charge in [-0.1, -0.05) is 6.07 Å². The number of hydrogen-bond acceptors (Lipinski definition) is 2. The van der Waals surface area contributed by atoms with Crippen LogP contribution in [0, 0.1) is 0 Å². The minimum Gasteiger partial charge on any atom is -0.327 e. The summed E-state index contributed by atoms with van der Waals surface area (Å²) in [4.78, 5) is 1.35. The number of fused-ring (bicyclic) bond motifs is 1. The summed E-state index contributed by atoms with van der Waals surface area (Å²) in [5, 5.41) is 0. The molecular weight excluding hydrogens is 178 g/mol. The highest BCUT2D eigenvalue weighted by Gasteiger charge is 2.14. The average Bonchev–Trinajstić information content (AvgIpc) is 2.16. The Hall–Kier alpha value is -0.470. The van der Waals surface area contributed by atoms with E-state index in [0.29, 0.717) is 6.04 Å². The van der Waals surface area contributed by atoms with Crippen molar-refractivity contribution in [2.45, 2.75) is 30.2 Å². The van der Waals surface area contributed by atoms with Crippen LogP contribution < -0.4 is 5.73 Å². The maximum Gasteiger partial charge on any atom is 0.00825 e. The smallest absolute Gasteiger partial charge is 0.00825 e. The molecule has 0 aromatic heterocycles. The summed E-state index contributed by atoms with van der Waals surface area (Å²) < 4.78 is 0. The van der Waals surface area contributed by atoms with Gasteiger partial charge in [0.05, 0.1) is 0 Å². The molecule has 0 heterocycles. The van der Waals surface area contributed by atoms with Gasteiger partial charge in [-0.05, 0) is 48.8 Å². The molecular formula is C11H15NS. The Labute approximate surface area is 83.7 Å². The van der Waals surface area contributed by atoms with Gasteiger partial charge in [0, 0.05) is 10.9 Å². The quantitative estimate of drug-likeness (QED) is 0.692. The Balaban J connectivity index is 2.32. The Morgan fingerprint density at radius 3 is 3.00 bits per heavy atom. The maximum absolute atomic E-state index is 5.93. The van der Waals surface area contributed by atoms with Gasteiger partial charge in [0.25, 0.3) is 0 Å². The summed E-state index contributed by atoms with van der Waals surface area (Å²) in [6.45, 7) is 0. The van der Waals surface area contributed by atoms with Gasteiger partial charge in [-0.15, -0.1) is 11.8 Å². The van der Waals surface area contributed by atoms with Gasteiger partial charge in [0.1, 0.15) is 0 Å². The molecule has 2 heteroatoms. The lowest BCUT2D eigenvalue weighted by Gasteiger charge is -2.21. The molecule has 1 atom stereocenters. The number of hydrogen-bond donors (Lipinski definition) is 1. The SMILES string of the molecule is CSc1ccc2c(c1)C[C@@H](N)CC2. The van der Waals surface area contributed by atoms with E-state index in [1.54, 1.807) is 11.8 Å². The summed E-state index contributed by atoms with van der Waals surface area (Å²) in [5.41, 5.74) is 8.90. The Kier molecular flexibility index (Phi) is 2.61. The summed E-state index contributed by atoms with van der Waals surface area (Å²) >= 11 is 1.80. The first-order valence-corrected chi connectivity index (χ1v) is 5.93. The van der Waals surface area contributed by atoms with Crippen molar-refractivity contribution >= 4 is 11.8 Å². The lowest BCUT2D eigenvalue weighted by molar-refractivity contribution is 0.575. The van der Waals surface area contributed by atoms with Crippen LogP contribution in [0.25, 0.3) is 0 Å². The van der Waals surface area contributed by atoms with Crippen molar-refractivity contribution < 1.29 is 0 Å². The number of rotatable bonds is 1. The van der Waals surface area contributed by atoms with Crippen LogP contribution in [0.4, 0.5) is 0 Å². The molecule has 0 amide bonds. The van der Waals surface area contributed by atoms with Crippen molar-refractivity contribution in [1.29, 1.82) is 0 Å². The first-order chi connectivity index (χ1) is 6.29. The molecule has 2 N–H and O–H groups in total. The van der Waals surface area contributed by atoms with Crippen molar-refractivity contribution in [3.05, 3.63) is 29.3 Å². The van der Waals surface area contributed by atoms with Crippen LogP contribution in [0.1, 0.15) is 17.5 Å². The fourth-order valence-corrected chi connectivity index (χ4v) is 2.35. The van der Waals surface area contributed by atoms with E-state index in [4.69, 9.17) is 5.73 Å². The van der Waals surface area contributed by atoms with Gasteiger partial charge in [-0.25, -0.2) is 0 Å². The van der Waals surface area contributed by atoms with E-state index in [1.165, 1.54) is 16.0 Å². The van der Waals surface area contributed by atoms with Gasteiger partial charge >= 0.3 is 0 Å². The van der Waals surface area contributed by atoms with Crippen LogP contribution in [-0.2, 0) is 12.8 Å². The third-order valence-corrected chi connectivity index (χ3v) is 3.41. The van der Waals surface area contributed by atoms with E-state index in [-0.39, 0.29) is 0 Å². The van der Waals surface area contributed by atoms with Gasteiger partial charge in [0.2, 0.25) is 0 Å². The fraction of sp³-hybridized carbons (Fsp3) is 0.455. The second kappa shape index (κ2) is 3.72. The average molecular weight is 193 g/mol. The van der Waals surface area contributed by atoms with E-state index in [9.17, 15) is 0 Å². The van der Waals surface area contributed by atoms with Gasteiger partial charge in [-0.2, -0.15) is 0 Å². The zero-order valence-corrected chi connectivity index (χ0v) is 8.73.